The van der Waals surface area contributed by atoms with E-state index < -0.39 is 10.0 Å². The average molecular weight is 523 g/mol. The quantitative estimate of drug-likeness (QED) is 0.547. The first-order valence-electron chi connectivity index (χ1n) is 12.4. The number of piperazine rings is 1. The molecule has 5 rings (SSSR count). The highest BCUT2D eigenvalue weighted by atomic mass is 32.2. The summed E-state index contributed by atoms with van der Waals surface area (Å²) < 4.78 is 27.9. The highest BCUT2D eigenvalue weighted by Gasteiger charge is 2.36. The Balaban J connectivity index is 1.22. The summed E-state index contributed by atoms with van der Waals surface area (Å²) in [6.07, 6.45) is 2.87. The maximum absolute atomic E-state index is 13.4. The predicted octanol–water partition coefficient (Wildman–Crippen LogP) is 2.34. The Hall–Kier alpha value is -3.57. The first kappa shape index (κ1) is 25.1. The van der Waals surface area contributed by atoms with Gasteiger partial charge in [-0.3, -0.25) is 9.59 Å². The molecule has 0 saturated carbocycles. The summed E-state index contributed by atoms with van der Waals surface area (Å²) in [6, 6.07) is 14.0. The lowest BCUT2D eigenvalue weighted by atomic mass is 9.97. The van der Waals surface area contributed by atoms with Gasteiger partial charge in [-0.1, -0.05) is 12.1 Å². The van der Waals surface area contributed by atoms with Crippen molar-refractivity contribution in [3.8, 4) is 0 Å². The highest BCUT2D eigenvalue weighted by Crippen LogP contribution is 2.27. The van der Waals surface area contributed by atoms with E-state index in [-0.39, 0.29) is 29.2 Å². The van der Waals surface area contributed by atoms with Gasteiger partial charge in [0.1, 0.15) is 12.1 Å². The summed E-state index contributed by atoms with van der Waals surface area (Å²) in [5.74, 6) is 0.290. The summed E-state index contributed by atoms with van der Waals surface area (Å²) in [5, 5.41) is 3.62. The molecule has 3 heterocycles. The summed E-state index contributed by atoms with van der Waals surface area (Å²) >= 11 is 0. The molecule has 2 aliphatic rings. The molecular weight excluding hydrogens is 492 g/mol. The number of carbonyl (C=O) groups excluding carboxylic acids is 2. The Morgan fingerprint density at radius 2 is 1.68 bits per heavy atom. The number of sulfonamides is 1. The van der Waals surface area contributed by atoms with Gasteiger partial charge in [-0.2, -0.15) is 4.31 Å². The van der Waals surface area contributed by atoms with Crippen LogP contribution in [0.15, 0.2) is 59.8 Å². The zero-order valence-electron chi connectivity index (χ0n) is 20.7. The Kier molecular flexibility index (Phi) is 7.07. The van der Waals surface area contributed by atoms with Crippen LogP contribution in [-0.2, 0) is 19.6 Å². The standard InChI is InChI=1S/C26H30N6O4S/c1-19(33)29-21-8-10-22(11-9-21)37(35,36)32-12-4-5-20(17-32)26(34)31-15-13-30(14-16-31)25-23-6-2-3-7-24(23)27-18-28-25/h2-3,6-11,18,20H,4-5,12-17H2,1H3,(H,29,33). The zero-order chi connectivity index (χ0) is 26.0. The Bertz CT molecular complexity index is 1400. The van der Waals surface area contributed by atoms with Crippen molar-refractivity contribution in [3.63, 3.8) is 0 Å². The number of nitrogens with zero attached hydrogens (tertiary/aromatic N) is 5. The fourth-order valence-corrected chi connectivity index (χ4v) is 6.59. The largest absolute Gasteiger partial charge is 0.352 e. The number of fused-ring (bicyclic) bond motifs is 1. The van der Waals surface area contributed by atoms with E-state index in [4.69, 9.17) is 0 Å². The molecule has 1 aromatic heterocycles. The number of nitrogens with one attached hydrogen (secondary N) is 1. The molecule has 1 unspecified atom stereocenters. The molecule has 2 saturated heterocycles. The molecule has 37 heavy (non-hydrogen) atoms. The van der Waals surface area contributed by atoms with E-state index in [1.165, 1.54) is 23.4 Å². The van der Waals surface area contributed by atoms with Crippen LogP contribution in [0, 0.1) is 5.92 Å². The lowest BCUT2D eigenvalue weighted by Gasteiger charge is -2.39. The molecule has 1 N–H and O–H groups in total. The van der Waals surface area contributed by atoms with Crippen LogP contribution in [0.5, 0.6) is 0 Å². The topological polar surface area (TPSA) is 116 Å². The second-order valence-electron chi connectivity index (χ2n) is 9.43. The molecule has 2 aliphatic heterocycles. The molecule has 2 aromatic carbocycles. The minimum Gasteiger partial charge on any atom is -0.352 e. The van der Waals surface area contributed by atoms with E-state index in [1.54, 1.807) is 18.5 Å². The van der Waals surface area contributed by atoms with Gasteiger partial charge in [0.05, 0.1) is 16.3 Å². The number of hydrogen-bond donors (Lipinski definition) is 1. The second kappa shape index (κ2) is 10.4. The molecule has 0 spiro atoms. The van der Waals surface area contributed by atoms with Gasteiger partial charge >= 0.3 is 0 Å². The number of hydrogen-bond acceptors (Lipinski definition) is 7. The molecule has 0 radical (unpaired) electrons. The maximum Gasteiger partial charge on any atom is 0.243 e. The first-order chi connectivity index (χ1) is 17.8. The number of piperidine rings is 1. The third kappa shape index (κ3) is 5.28. The molecule has 2 amide bonds. The smallest absolute Gasteiger partial charge is 0.243 e. The van der Waals surface area contributed by atoms with Crippen molar-refractivity contribution in [1.82, 2.24) is 19.2 Å². The van der Waals surface area contributed by atoms with Crippen molar-refractivity contribution >= 4 is 44.2 Å². The summed E-state index contributed by atoms with van der Waals surface area (Å²) in [5.41, 5.74) is 1.42. The molecule has 11 heteroatoms. The summed E-state index contributed by atoms with van der Waals surface area (Å²) in [7, 11) is -3.74. The van der Waals surface area contributed by atoms with Crippen molar-refractivity contribution in [2.75, 3.05) is 49.5 Å². The molecule has 0 aliphatic carbocycles. The number of para-hydroxylation sites is 1. The van der Waals surface area contributed by atoms with Crippen LogP contribution in [0.1, 0.15) is 19.8 Å². The molecule has 2 fully saturated rings. The van der Waals surface area contributed by atoms with Gasteiger partial charge in [0.2, 0.25) is 21.8 Å². The van der Waals surface area contributed by atoms with E-state index in [0.717, 1.165) is 16.7 Å². The lowest BCUT2D eigenvalue weighted by Crippen LogP contribution is -2.53. The van der Waals surface area contributed by atoms with E-state index >= 15 is 0 Å². The first-order valence-corrected chi connectivity index (χ1v) is 13.9. The summed E-state index contributed by atoms with van der Waals surface area (Å²) in [4.78, 5) is 37.6. The lowest BCUT2D eigenvalue weighted by molar-refractivity contribution is -0.137. The monoisotopic (exact) mass is 522 g/mol. The molecule has 194 valence electrons. The molecular formula is C26H30N6O4S. The van der Waals surface area contributed by atoms with E-state index in [0.29, 0.717) is 51.3 Å². The minimum absolute atomic E-state index is 0.00750. The zero-order valence-corrected chi connectivity index (χ0v) is 21.5. The number of anilines is 2. The van der Waals surface area contributed by atoms with Gasteiger partial charge in [0, 0.05) is 57.3 Å². The van der Waals surface area contributed by atoms with Crippen molar-refractivity contribution in [3.05, 3.63) is 54.9 Å². The third-order valence-electron chi connectivity index (χ3n) is 6.96. The highest BCUT2D eigenvalue weighted by molar-refractivity contribution is 7.89. The minimum atomic E-state index is -3.74. The van der Waals surface area contributed by atoms with E-state index in [1.807, 2.05) is 29.2 Å². The van der Waals surface area contributed by atoms with E-state index in [2.05, 4.69) is 20.2 Å². The van der Waals surface area contributed by atoms with Crippen molar-refractivity contribution in [2.45, 2.75) is 24.7 Å². The van der Waals surface area contributed by atoms with Crippen molar-refractivity contribution < 1.29 is 18.0 Å². The Labute approximate surface area is 216 Å². The van der Waals surface area contributed by atoms with E-state index in [9.17, 15) is 18.0 Å². The number of rotatable bonds is 5. The van der Waals surface area contributed by atoms with Crippen LogP contribution in [0.4, 0.5) is 11.5 Å². The molecule has 1 atom stereocenters. The maximum atomic E-state index is 13.4. The number of carbonyl (C=O) groups is 2. The van der Waals surface area contributed by atoms with Gasteiger partial charge < -0.3 is 15.1 Å². The predicted molar refractivity (Wildman–Crippen MR) is 141 cm³/mol. The summed E-state index contributed by atoms with van der Waals surface area (Å²) in [6.45, 7) is 4.38. The molecule has 0 bridgehead atoms. The van der Waals surface area contributed by atoms with Gasteiger partial charge in [0.25, 0.3) is 0 Å². The number of aromatic nitrogens is 2. The average Bonchev–Trinajstić information content (AvgIpc) is 2.92. The number of benzene rings is 2. The Morgan fingerprint density at radius 1 is 0.946 bits per heavy atom. The normalized spacial score (nSPS) is 19.1. The van der Waals surface area contributed by atoms with Gasteiger partial charge in [-0.05, 0) is 49.2 Å². The Morgan fingerprint density at radius 3 is 2.41 bits per heavy atom. The van der Waals surface area contributed by atoms with Gasteiger partial charge in [0.15, 0.2) is 0 Å². The second-order valence-corrected chi connectivity index (χ2v) is 11.4. The van der Waals surface area contributed by atoms with Crippen molar-refractivity contribution in [1.29, 1.82) is 0 Å². The van der Waals surface area contributed by atoms with Crippen LogP contribution < -0.4 is 10.2 Å². The molecule has 3 aromatic rings. The molecule has 10 nitrogen and oxygen atoms in total. The van der Waals surface area contributed by atoms with Crippen LogP contribution in [0.3, 0.4) is 0 Å². The van der Waals surface area contributed by atoms with Gasteiger partial charge in [-0.25, -0.2) is 18.4 Å². The van der Waals surface area contributed by atoms with Crippen LogP contribution >= 0.6 is 0 Å². The van der Waals surface area contributed by atoms with Crippen LogP contribution in [0.2, 0.25) is 0 Å². The van der Waals surface area contributed by atoms with Crippen molar-refractivity contribution in [2.24, 2.45) is 5.92 Å². The SMILES string of the molecule is CC(=O)Nc1ccc(S(=O)(=O)N2CCCC(C(=O)N3CCN(c4ncnc5ccccc45)CC3)C2)cc1. The van der Waals surface area contributed by atoms with Gasteiger partial charge in [-0.15, -0.1) is 0 Å². The third-order valence-corrected chi connectivity index (χ3v) is 8.84. The fraction of sp³-hybridized carbons (Fsp3) is 0.385. The fourth-order valence-electron chi connectivity index (χ4n) is 5.06. The van der Waals surface area contributed by atoms with Crippen LogP contribution in [-0.4, -0.2) is 78.7 Å². The van der Waals surface area contributed by atoms with Crippen LogP contribution in [0.25, 0.3) is 10.9 Å². The number of amides is 2.